The lowest BCUT2D eigenvalue weighted by molar-refractivity contribution is 0.0695. The van der Waals surface area contributed by atoms with Crippen LogP contribution in [0.15, 0.2) is 29.7 Å². The van der Waals surface area contributed by atoms with Gasteiger partial charge in [0.25, 0.3) is 0 Å². The third kappa shape index (κ3) is 2.70. The Bertz CT molecular complexity index is 328. The van der Waals surface area contributed by atoms with Gasteiger partial charge in [0.15, 0.2) is 0 Å². The Balaban J connectivity index is 2.03. The van der Waals surface area contributed by atoms with Crippen LogP contribution in [0, 0.1) is 5.92 Å². The molecule has 0 amide bonds. The minimum Gasteiger partial charge on any atom is -0.385 e. The molecule has 2 heteroatoms. The monoisotopic (exact) mass is 222 g/mol. The minimum atomic E-state index is -0.587. The van der Waals surface area contributed by atoms with Crippen LogP contribution in [0.5, 0.6) is 0 Å². The SMILES string of the molecule is CCC1C=CC(O)(Cc2cccs2)CC1. The molecule has 0 bridgehead atoms. The molecule has 0 radical (unpaired) electrons. The summed E-state index contributed by atoms with van der Waals surface area (Å²) in [5.41, 5.74) is -0.587. The van der Waals surface area contributed by atoms with Gasteiger partial charge >= 0.3 is 0 Å². The normalized spacial score (nSPS) is 30.7. The summed E-state index contributed by atoms with van der Waals surface area (Å²) in [6, 6.07) is 4.15. The molecule has 2 rings (SSSR count). The molecule has 2 atom stereocenters. The van der Waals surface area contributed by atoms with Crippen LogP contribution >= 0.6 is 11.3 Å². The van der Waals surface area contributed by atoms with Gasteiger partial charge in [-0.15, -0.1) is 11.3 Å². The predicted octanol–water partition coefficient (Wildman–Crippen LogP) is 3.40. The minimum absolute atomic E-state index is 0.587. The van der Waals surface area contributed by atoms with Crippen molar-refractivity contribution in [2.45, 2.75) is 38.2 Å². The summed E-state index contributed by atoms with van der Waals surface area (Å²) >= 11 is 1.73. The van der Waals surface area contributed by atoms with Crippen molar-refractivity contribution in [3.8, 4) is 0 Å². The van der Waals surface area contributed by atoms with Gasteiger partial charge in [-0.1, -0.05) is 25.1 Å². The highest BCUT2D eigenvalue weighted by Gasteiger charge is 2.28. The van der Waals surface area contributed by atoms with Gasteiger partial charge in [0.2, 0.25) is 0 Å². The molecule has 0 fully saturated rings. The molecule has 82 valence electrons. The van der Waals surface area contributed by atoms with E-state index in [2.05, 4.69) is 24.4 Å². The highest BCUT2D eigenvalue weighted by Crippen LogP contribution is 2.31. The summed E-state index contributed by atoms with van der Waals surface area (Å²) in [6.07, 6.45) is 8.19. The van der Waals surface area contributed by atoms with E-state index >= 15 is 0 Å². The first-order chi connectivity index (χ1) is 7.22. The zero-order chi connectivity index (χ0) is 10.7. The summed E-state index contributed by atoms with van der Waals surface area (Å²) in [7, 11) is 0. The topological polar surface area (TPSA) is 20.2 Å². The highest BCUT2D eigenvalue weighted by atomic mass is 32.1. The Labute approximate surface area is 95.5 Å². The average Bonchev–Trinajstić information content (AvgIpc) is 2.71. The van der Waals surface area contributed by atoms with E-state index in [9.17, 15) is 5.11 Å². The van der Waals surface area contributed by atoms with E-state index in [0.717, 1.165) is 19.3 Å². The largest absolute Gasteiger partial charge is 0.385 e. The van der Waals surface area contributed by atoms with Crippen LogP contribution < -0.4 is 0 Å². The maximum Gasteiger partial charge on any atom is 0.0876 e. The van der Waals surface area contributed by atoms with Crippen molar-refractivity contribution in [1.29, 1.82) is 0 Å². The van der Waals surface area contributed by atoms with Gasteiger partial charge in [0, 0.05) is 11.3 Å². The van der Waals surface area contributed by atoms with E-state index in [1.807, 2.05) is 12.1 Å². The molecular formula is C13H18OS. The van der Waals surface area contributed by atoms with Crippen LogP contribution in [0.3, 0.4) is 0 Å². The van der Waals surface area contributed by atoms with Crippen molar-refractivity contribution in [2.24, 2.45) is 5.92 Å². The third-order valence-corrected chi connectivity index (χ3v) is 4.09. The quantitative estimate of drug-likeness (QED) is 0.777. The lowest BCUT2D eigenvalue weighted by atomic mass is 9.82. The second-order valence-electron chi connectivity index (χ2n) is 4.43. The van der Waals surface area contributed by atoms with Crippen LogP contribution in [0.25, 0.3) is 0 Å². The molecule has 0 saturated carbocycles. The van der Waals surface area contributed by atoms with E-state index in [1.54, 1.807) is 11.3 Å². The molecule has 1 aromatic heterocycles. The van der Waals surface area contributed by atoms with Crippen molar-refractivity contribution in [3.05, 3.63) is 34.5 Å². The molecular weight excluding hydrogens is 204 g/mol. The lowest BCUT2D eigenvalue weighted by Crippen LogP contribution is -2.31. The number of hydrogen-bond acceptors (Lipinski definition) is 2. The molecule has 0 spiro atoms. The van der Waals surface area contributed by atoms with Gasteiger partial charge in [-0.2, -0.15) is 0 Å². The summed E-state index contributed by atoms with van der Waals surface area (Å²) in [6.45, 7) is 2.21. The van der Waals surface area contributed by atoms with E-state index in [0.29, 0.717) is 5.92 Å². The number of rotatable bonds is 3. The van der Waals surface area contributed by atoms with Crippen LogP contribution in [0.1, 0.15) is 31.1 Å². The van der Waals surface area contributed by atoms with E-state index in [4.69, 9.17) is 0 Å². The van der Waals surface area contributed by atoms with Gasteiger partial charge in [0.1, 0.15) is 0 Å². The molecule has 1 aromatic rings. The van der Waals surface area contributed by atoms with Gasteiger partial charge in [-0.3, -0.25) is 0 Å². The molecule has 0 saturated heterocycles. The van der Waals surface area contributed by atoms with E-state index < -0.39 is 5.60 Å². The number of allylic oxidation sites excluding steroid dienone is 1. The maximum atomic E-state index is 10.4. The van der Waals surface area contributed by atoms with Gasteiger partial charge in [-0.05, 0) is 36.6 Å². The average molecular weight is 222 g/mol. The fourth-order valence-corrected chi connectivity index (χ4v) is 2.95. The highest BCUT2D eigenvalue weighted by molar-refractivity contribution is 7.09. The number of thiophene rings is 1. The van der Waals surface area contributed by atoms with Crippen LogP contribution in [0.2, 0.25) is 0 Å². The Hall–Kier alpha value is -0.600. The molecule has 1 nitrogen and oxygen atoms in total. The zero-order valence-corrected chi connectivity index (χ0v) is 9.96. The van der Waals surface area contributed by atoms with Gasteiger partial charge in [-0.25, -0.2) is 0 Å². The van der Waals surface area contributed by atoms with Crippen molar-refractivity contribution in [1.82, 2.24) is 0 Å². The fraction of sp³-hybridized carbons (Fsp3) is 0.538. The Morgan fingerprint density at radius 2 is 2.47 bits per heavy atom. The summed E-state index contributed by atoms with van der Waals surface area (Å²) in [4.78, 5) is 1.28. The van der Waals surface area contributed by atoms with Gasteiger partial charge < -0.3 is 5.11 Å². The van der Waals surface area contributed by atoms with Crippen LogP contribution in [0.4, 0.5) is 0 Å². The van der Waals surface area contributed by atoms with Crippen LogP contribution in [-0.2, 0) is 6.42 Å². The molecule has 1 aliphatic rings. The second-order valence-corrected chi connectivity index (χ2v) is 5.46. The van der Waals surface area contributed by atoms with E-state index in [1.165, 1.54) is 11.3 Å². The number of aliphatic hydroxyl groups is 1. The first-order valence-corrected chi connectivity index (χ1v) is 6.54. The molecule has 15 heavy (non-hydrogen) atoms. The van der Waals surface area contributed by atoms with Crippen LogP contribution in [-0.4, -0.2) is 10.7 Å². The summed E-state index contributed by atoms with van der Waals surface area (Å²) in [5.74, 6) is 0.675. The van der Waals surface area contributed by atoms with E-state index in [-0.39, 0.29) is 0 Å². The zero-order valence-electron chi connectivity index (χ0n) is 9.15. The molecule has 0 aromatic carbocycles. The molecule has 0 aliphatic heterocycles. The molecule has 2 unspecified atom stereocenters. The first kappa shape index (κ1) is 10.9. The summed E-state index contributed by atoms with van der Waals surface area (Å²) in [5, 5.41) is 12.4. The smallest absolute Gasteiger partial charge is 0.0876 e. The third-order valence-electron chi connectivity index (χ3n) is 3.21. The Kier molecular flexibility index (Phi) is 3.27. The maximum absolute atomic E-state index is 10.4. The fourth-order valence-electron chi connectivity index (χ4n) is 2.13. The Morgan fingerprint density at radius 1 is 1.60 bits per heavy atom. The van der Waals surface area contributed by atoms with Gasteiger partial charge in [0.05, 0.1) is 5.60 Å². The lowest BCUT2D eigenvalue weighted by Gasteiger charge is -2.30. The number of hydrogen-bond donors (Lipinski definition) is 1. The predicted molar refractivity (Wildman–Crippen MR) is 65.1 cm³/mol. The Morgan fingerprint density at radius 3 is 3.00 bits per heavy atom. The second kappa shape index (κ2) is 4.50. The molecule has 1 aliphatic carbocycles. The van der Waals surface area contributed by atoms with Crippen molar-refractivity contribution in [2.75, 3.05) is 0 Å². The first-order valence-electron chi connectivity index (χ1n) is 5.66. The standard InChI is InChI=1S/C13H18OS/c1-2-11-5-7-13(14,8-6-11)10-12-4-3-9-15-12/h3-5,7,9,11,14H,2,6,8,10H2,1H3. The van der Waals surface area contributed by atoms with Crippen molar-refractivity contribution >= 4 is 11.3 Å². The van der Waals surface area contributed by atoms with Crippen molar-refractivity contribution in [3.63, 3.8) is 0 Å². The summed E-state index contributed by atoms with van der Waals surface area (Å²) < 4.78 is 0. The molecule has 1 N–H and O–H groups in total. The molecule has 1 heterocycles. The van der Waals surface area contributed by atoms with Crippen molar-refractivity contribution < 1.29 is 5.11 Å².